The van der Waals surface area contributed by atoms with E-state index in [-0.39, 0.29) is 5.54 Å². The molecule has 0 atom stereocenters. The number of rotatable bonds is 5. The average molecular weight is 213 g/mol. The van der Waals surface area contributed by atoms with Crippen molar-refractivity contribution >= 4 is 11.3 Å². The molecule has 1 heterocycles. The molecule has 0 spiro atoms. The van der Waals surface area contributed by atoms with Crippen LogP contribution in [0.25, 0.3) is 0 Å². The monoisotopic (exact) mass is 213 g/mol. The maximum absolute atomic E-state index is 5.25. The second-order valence-corrected chi connectivity index (χ2v) is 5.00. The van der Waals surface area contributed by atoms with E-state index in [1.165, 1.54) is 4.88 Å². The SMILES string of the molecule is CCC(C)(C)NCc1sccc1OC. The molecule has 0 bridgehead atoms. The summed E-state index contributed by atoms with van der Waals surface area (Å²) >= 11 is 1.74. The molecular weight excluding hydrogens is 194 g/mol. The highest BCUT2D eigenvalue weighted by atomic mass is 32.1. The minimum absolute atomic E-state index is 0.203. The van der Waals surface area contributed by atoms with E-state index in [0.29, 0.717) is 0 Å². The summed E-state index contributed by atoms with van der Waals surface area (Å²) in [5.41, 5.74) is 0.203. The highest BCUT2D eigenvalue weighted by Gasteiger charge is 2.15. The van der Waals surface area contributed by atoms with Gasteiger partial charge >= 0.3 is 0 Å². The standard InChI is InChI=1S/C11H19NOS/c1-5-11(2,3)12-8-10-9(13-4)6-7-14-10/h6-7,12H,5,8H2,1-4H3. The molecule has 0 fully saturated rings. The minimum Gasteiger partial charge on any atom is -0.496 e. The van der Waals surface area contributed by atoms with Crippen LogP contribution in [0.2, 0.25) is 0 Å². The number of hydrogen-bond donors (Lipinski definition) is 1. The van der Waals surface area contributed by atoms with Crippen molar-refractivity contribution in [3.63, 3.8) is 0 Å². The minimum atomic E-state index is 0.203. The van der Waals surface area contributed by atoms with Crippen LogP contribution >= 0.6 is 11.3 Å². The first-order chi connectivity index (χ1) is 6.59. The molecule has 1 N–H and O–H groups in total. The van der Waals surface area contributed by atoms with Gasteiger partial charge in [0.2, 0.25) is 0 Å². The van der Waals surface area contributed by atoms with Gasteiger partial charge in [0.1, 0.15) is 5.75 Å². The molecule has 14 heavy (non-hydrogen) atoms. The molecule has 0 saturated carbocycles. The Labute approximate surface area is 90.3 Å². The predicted octanol–water partition coefficient (Wildman–Crippen LogP) is 3.03. The first kappa shape index (κ1) is 11.5. The molecule has 0 saturated heterocycles. The summed E-state index contributed by atoms with van der Waals surface area (Å²) in [7, 11) is 1.72. The van der Waals surface area contributed by atoms with Crippen molar-refractivity contribution < 1.29 is 4.74 Å². The van der Waals surface area contributed by atoms with Gasteiger partial charge in [-0.15, -0.1) is 11.3 Å². The van der Waals surface area contributed by atoms with Gasteiger partial charge in [0, 0.05) is 12.1 Å². The van der Waals surface area contributed by atoms with Crippen molar-refractivity contribution in [2.24, 2.45) is 0 Å². The van der Waals surface area contributed by atoms with Crippen LogP contribution in [-0.2, 0) is 6.54 Å². The van der Waals surface area contributed by atoms with Crippen LogP contribution < -0.4 is 10.1 Å². The van der Waals surface area contributed by atoms with Crippen molar-refractivity contribution in [3.8, 4) is 5.75 Å². The van der Waals surface area contributed by atoms with Crippen molar-refractivity contribution in [1.29, 1.82) is 0 Å². The van der Waals surface area contributed by atoms with Gasteiger partial charge < -0.3 is 10.1 Å². The fraction of sp³-hybridized carbons (Fsp3) is 0.636. The summed E-state index contributed by atoms with van der Waals surface area (Å²) in [6.45, 7) is 7.51. The Kier molecular flexibility index (Phi) is 3.96. The summed E-state index contributed by atoms with van der Waals surface area (Å²) in [6, 6.07) is 2.01. The molecule has 0 unspecified atom stereocenters. The third-order valence-electron chi connectivity index (χ3n) is 2.54. The largest absolute Gasteiger partial charge is 0.496 e. The molecule has 0 aliphatic carbocycles. The van der Waals surface area contributed by atoms with Crippen LogP contribution in [0.15, 0.2) is 11.4 Å². The number of thiophene rings is 1. The van der Waals surface area contributed by atoms with Crippen LogP contribution in [-0.4, -0.2) is 12.6 Å². The molecule has 3 heteroatoms. The first-order valence-electron chi connectivity index (χ1n) is 4.94. The summed E-state index contributed by atoms with van der Waals surface area (Å²) in [5, 5.41) is 5.58. The molecule has 1 aromatic heterocycles. The molecule has 0 aliphatic heterocycles. The molecule has 0 radical (unpaired) electrons. The predicted molar refractivity (Wildman–Crippen MR) is 62.1 cm³/mol. The lowest BCUT2D eigenvalue weighted by Gasteiger charge is -2.24. The number of ether oxygens (including phenoxy) is 1. The zero-order chi connectivity index (χ0) is 10.6. The van der Waals surface area contributed by atoms with Crippen molar-refractivity contribution in [1.82, 2.24) is 5.32 Å². The van der Waals surface area contributed by atoms with Gasteiger partial charge in [-0.25, -0.2) is 0 Å². The van der Waals surface area contributed by atoms with Gasteiger partial charge in [0.15, 0.2) is 0 Å². The van der Waals surface area contributed by atoms with E-state index >= 15 is 0 Å². The summed E-state index contributed by atoms with van der Waals surface area (Å²) in [6.07, 6.45) is 1.13. The fourth-order valence-electron chi connectivity index (χ4n) is 1.08. The maximum Gasteiger partial charge on any atom is 0.134 e. The third kappa shape index (κ3) is 3.00. The van der Waals surface area contributed by atoms with Gasteiger partial charge in [-0.3, -0.25) is 0 Å². The van der Waals surface area contributed by atoms with E-state index in [2.05, 4.69) is 31.5 Å². The van der Waals surface area contributed by atoms with Crippen LogP contribution in [0.1, 0.15) is 32.1 Å². The molecule has 0 aromatic carbocycles. The van der Waals surface area contributed by atoms with E-state index in [0.717, 1.165) is 18.7 Å². The lowest BCUT2D eigenvalue weighted by atomic mass is 10.0. The number of hydrogen-bond acceptors (Lipinski definition) is 3. The Hall–Kier alpha value is -0.540. The van der Waals surface area contributed by atoms with Crippen molar-refractivity contribution in [2.75, 3.05) is 7.11 Å². The topological polar surface area (TPSA) is 21.3 Å². The van der Waals surface area contributed by atoms with E-state index in [4.69, 9.17) is 4.74 Å². The smallest absolute Gasteiger partial charge is 0.134 e. The van der Waals surface area contributed by atoms with E-state index in [1.807, 2.05) is 6.07 Å². The lowest BCUT2D eigenvalue weighted by molar-refractivity contribution is 0.367. The molecular formula is C11H19NOS. The Bertz CT molecular complexity index is 281. The van der Waals surface area contributed by atoms with Gasteiger partial charge in [-0.05, 0) is 31.7 Å². The highest BCUT2D eigenvalue weighted by Crippen LogP contribution is 2.24. The average Bonchev–Trinajstić information content (AvgIpc) is 2.62. The zero-order valence-electron chi connectivity index (χ0n) is 9.39. The second kappa shape index (κ2) is 4.80. The van der Waals surface area contributed by atoms with E-state index in [1.54, 1.807) is 18.4 Å². The van der Waals surface area contributed by atoms with Crippen LogP contribution in [0.4, 0.5) is 0 Å². The molecule has 0 amide bonds. The lowest BCUT2D eigenvalue weighted by Crippen LogP contribution is -2.37. The fourth-order valence-corrected chi connectivity index (χ4v) is 1.86. The van der Waals surface area contributed by atoms with Crippen LogP contribution in [0.5, 0.6) is 5.75 Å². The first-order valence-corrected chi connectivity index (χ1v) is 5.82. The van der Waals surface area contributed by atoms with E-state index in [9.17, 15) is 0 Å². The van der Waals surface area contributed by atoms with Crippen molar-refractivity contribution in [2.45, 2.75) is 39.3 Å². The Morgan fingerprint density at radius 2 is 2.21 bits per heavy atom. The Morgan fingerprint density at radius 1 is 1.50 bits per heavy atom. The quantitative estimate of drug-likeness (QED) is 0.811. The normalized spacial score (nSPS) is 11.7. The summed E-state index contributed by atoms with van der Waals surface area (Å²) in [5.74, 6) is 0.995. The molecule has 1 rings (SSSR count). The Morgan fingerprint density at radius 3 is 2.79 bits per heavy atom. The second-order valence-electron chi connectivity index (χ2n) is 4.00. The number of methoxy groups -OCH3 is 1. The molecule has 80 valence electrons. The van der Waals surface area contributed by atoms with Crippen LogP contribution in [0.3, 0.4) is 0 Å². The van der Waals surface area contributed by atoms with Gasteiger partial charge in [-0.1, -0.05) is 6.92 Å². The van der Waals surface area contributed by atoms with Crippen molar-refractivity contribution in [3.05, 3.63) is 16.3 Å². The Balaban J connectivity index is 2.53. The zero-order valence-corrected chi connectivity index (χ0v) is 10.2. The van der Waals surface area contributed by atoms with Gasteiger partial charge in [0.25, 0.3) is 0 Å². The van der Waals surface area contributed by atoms with Gasteiger partial charge in [-0.2, -0.15) is 0 Å². The van der Waals surface area contributed by atoms with Gasteiger partial charge in [0.05, 0.1) is 12.0 Å². The highest BCUT2D eigenvalue weighted by molar-refractivity contribution is 7.10. The summed E-state index contributed by atoms with van der Waals surface area (Å²) in [4.78, 5) is 1.27. The third-order valence-corrected chi connectivity index (χ3v) is 3.44. The molecule has 1 aromatic rings. The molecule has 2 nitrogen and oxygen atoms in total. The summed E-state index contributed by atoms with van der Waals surface area (Å²) < 4.78 is 5.25. The molecule has 0 aliphatic rings. The maximum atomic E-state index is 5.25. The van der Waals surface area contributed by atoms with Crippen LogP contribution in [0, 0.1) is 0 Å². The van der Waals surface area contributed by atoms with E-state index < -0.39 is 0 Å². The number of nitrogens with one attached hydrogen (secondary N) is 1.